The van der Waals surface area contributed by atoms with E-state index in [1.165, 1.54) is 0 Å². The smallest absolute Gasteiger partial charge is 0.255 e. The molecular weight excluding hydrogens is 285 g/mol. The Morgan fingerprint density at radius 3 is 2.79 bits per heavy atom. The molecule has 0 aliphatic carbocycles. The molecule has 4 nitrogen and oxygen atoms in total. The molecule has 1 fully saturated rings. The van der Waals surface area contributed by atoms with Crippen LogP contribution in [0.4, 0.5) is 0 Å². The van der Waals surface area contributed by atoms with Crippen LogP contribution in [-0.4, -0.2) is 55.0 Å². The van der Waals surface area contributed by atoms with Crippen LogP contribution in [-0.2, 0) is 0 Å². The Labute approximate surface area is 123 Å². The highest BCUT2D eigenvalue weighted by Crippen LogP contribution is 2.23. The van der Waals surface area contributed by atoms with Crippen molar-refractivity contribution >= 4 is 29.1 Å². The van der Waals surface area contributed by atoms with E-state index in [9.17, 15) is 4.79 Å². The Morgan fingerprint density at radius 1 is 1.42 bits per heavy atom. The normalized spacial score (nSPS) is 20.6. The first kappa shape index (κ1) is 14.6. The third-order valence-electron chi connectivity index (χ3n) is 3.38. The van der Waals surface area contributed by atoms with Crippen molar-refractivity contribution in [2.45, 2.75) is 6.04 Å². The molecule has 0 radical (unpaired) electrons. The van der Waals surface area contributed by atoms with Crippen molar-refractivity contribution in [1.82, 2.24) is 9.80 Å². The minimum absolute atomic E-state index is 0.0259. The van der Waals surface area contributed by atoms with Gasteiger partial charge in [0.15, 0.2) is 0 Å². The van der Waals surface area contributed by atoms with Crippen LogP contribution in [0.2, 0.25) is 10.0 Å². The fourth-order valence-corrected chi connectivity index (χ4v) is 2.79. The first-order valence-corrected chi connectivity index (χ1v) is 6.93. The van der Waals surface area contributed by atoms with Gasteiger partial charge in [0.1, 0.15) is 0 Å². The van der Waals surface area contributed by atoms with E-state index in [-0.39, 0.29) is 11.9 Å². The van der Waals surface area contributed by atoms with Gasteiger partial charge in [0.25, 0.3) is 5.91 Å². The Balaban J connectivity index is 2.22. The minimum Gasteiger partial charge on any atom is -0.332 e. The lowest BCUT2D eigenvalue weighted by molar-refractivity contribution is 0.0516. The summed E-state index contributed by atoms with van der Waals surface area (Å²) in [5.74, 6) is -0.0785. The van der Waals surface area contributed by atoms with E-state index in [2.05, 4.69) is 4.90 Å². The average Bonchev–Trinajstić information content (AvgIpc) is 2.37. The van der Waals surface area contributed by atoms with Gasteiger partial charge in [-0.05, 0) is 25.2 Å². The Morgan fingerprint density at radius 2 is 2.16 bits per heavy atom. The lowest BCUT2D eigenvalue weighted by Gasteiger charge is -2.39. The van der Waals surface area contributed by atoms with Crippen LogP contribution in [0.3, 0.4) is 0 Å². The molecule has 19 heavy (non-hydrogen) atoms. The third-order valence-corrected chi connectivity index (χ3v) is 3.93. The fourth-order valence-electron chi connectivity index (χ4n) is 2.30. The molecule has 1 aromatic rings. The molecule has 1 atom stereocenters. The molecule has 104 valence electrons. The van der Waals surface area contributed by atoms with Crippen molar-refractivity contribution in [3.8, 4) is 0 Å². The molecule has 1 aliphatic rings. The topological polar surface area (TPSA) is 49.6 Å². The van der Waals surface area contributed by atoms with Crippen molar-refractivity contribution in [2.24, 2.45) is 5.73 Å². The quantitative estimate of drug-likeness (QED) is 0.905. The van der Waals surface area contributed by atoms with Crippen molar-refractivity contribution in [3.05, 3.63) is 33.8 Å². The second-order valence-electron chi connectivity index (χ2n) is 4.77. The molecule has 1 aromatic carbocycles. The zero-order valence-corrected chi connectivity index (χ0v) is 12.3. The number of nitrogens with zero attached hydrogens (tertiary/aromatic N) is 2. The summed E-state index contributed by atoms with van der Waals surface area (Å²) in [5.41, 5.74) is 6.24. The van der Waals surface area contributed by atoms with Gasteiger partial charge >= 0.3 is 0 Å². The average molecular weight is 302 g/mol. The van der Waals surface area contributed by atoms with Crippen molar-refractivity contribution in [2.75, 3.05) is 33.2 Å². The fraction of sp³-hybridized carbons (Fsp3) is 0.462. The van der Waals surface area contributed by atoms with Gasteiger partial charge < -0.3 is 15.5 Å². The van der Waals surface area contributed by atoms with Gasteiger partial charge in [-0.3, -0.25) is 4.79 Å². The largest absolute Gasteiger partial charge is 0.332 e. The maximum Gasteiger partial charge on any atom is 0.255 e. The highest BCUT2D eigenvalue weighted by Gasteiger charge is 2.29. The van der Waals surface area contributed by atoms with Gasteiger partial charge in [0.2, 0.25) is 0 Å². The number of piperazine rings is 1. The van der Waals surface area contributed by atoms with Crippen LogP contribution in [0.1, 0.15) is 10.4 Å². The molecule has 2 rings (SSSR count). The molecule has 0 spiro atoms. The summed E-state index contributed by atoms with van der Waals surface area (Å²) in [6, 6.07) is 4.95. The van der Waals surface area contributed by atoms with E-state index in [1.54, 1.807) is 23.1 Å². The highest BCUT2D eigenvalue weighted by atomic mass is 35.5. The maximum absolute atomic E-state index is 12.5. The molecule has 1 amide bonds. The Hall–Kier alpha value is -0.810. The van der Waals surface area contributed by atoms with E-state index in [0.29, 0.717) is 28.7 Å². The molecule has 0 bridgehead atoms. The monoisotopic (exact) mass is 301 g/mol. The lowest BCUT2D eigenvalue weighted by Crippen LogP contribution is -2.56. The number of carbonyl (C=O) groups is 1. The predicted molar refractivity (Wildman–Crippen MR) is 77.8 cm³/mol. The van der Waals surface area contributed by atoms with Gasteiger partial charge in [-0.15, -0.1) is 0 Å². The summed E-state index contributed by atoms with van der Waals surface area (Å²) in [6.07, 6.45) is 0. The van der Waals surface area contributed by atoms with E-state index in [0.717, 1.165) is 13.1 Å². The van der Waals surface area contributed by atoms with E-state index >= 15 is 0 Å². The van der Waals surface area contributed by atoms with E-state index < -0.39 is 0 Å². The Bertz CT molecular complexity index is 481. The second-order valence-corrected chi connectivity index (χ2v) is 5.62. The molecule has 1 heterocycles. The van der Waals surface area contributed by atoms with Gasteiger partial charge in [0, 0.05) is 31.2 Å². The number of benzene rings is 1. The SMILES string of the molecule is CN1CCN(C(=O)c2ccc(Cl)cc2Cl)C(CN)C1. The van der Waals surface area contributed by atoms with E-state index in [1.807, 2.05) is 7.05 Å². The molecule has 2 N–H and O–H groups in total. The van der Waals surface area contributed by atoms with E-state index in [4.69, 9.17) is 28.9 Å². The molecule has 0 aromatic heterocycles. The summed E-state index contributed by atoms with van der Waals surface area (Å²) in [5, 5.41) is 0.905. The summed E-state index contributed by atoms with van der Waals surface area (Å²) >= 11 is 11.9. The molecule has 0 saturated carbocycles. The van der Waals surface area contributed by atoms with Crippen LogP contribution in [0.25, 0.3) is 0 Å². The van der Waals surface area contributed by atoms with Gasteiger partial charge in [0.05, 0.1) is 16.6 Å². The zero-order valence-electron chi connectivity index (χ0n) is 10.8. The van der Waals surface area contributed by atoms with Crippen LogP contribution in [0.5, 0.6) is 0 Å². The summed E-state index contributed by atoms with van der Waals surface area (Å²) in [6.45, 7) is 2.73. The number of carbonyl (C=O) groups excluding carboxylic acids is 1. The van der Waals surface area contributed by atoms with Crippen LogP contribution in [0.15, 0.2) is 18.2 Å². The van der Waals surface area contributed by atoms with Crippen molar-refractivity contribution in [1.29, 1.82) is 0 Å². The number of hydrogen-bond acceptors (Lipinski definition) is 3. The van der Waals surface area contributed by atoms with Gasteiger partial charge in [-0.2, -0.15) is 0 Å². The second kappa shape index (κ2) is 6.09. The van der Waals surface area contributed by atoms with Crippen molar-refractivity contribution in [3.63, 3.8) is 0 Å². The minimum atomic E-state index is -0.0785. The molecular formula is C13H17Cl2N3O. The first-order valence-electron chi connectivity index (χ1n) is 6.17. The van der Waals surface area contributed by atoms with Crippen LogP contribution < -0.4 is 5.73 Å². The number of rotatable bonds is 2. The lowest BCUT2D eigenvalue weighted by atomic mass is 10.1. The van der Waals surface area contributed by atoms with Crippen molar-refractivity contribution < 1.29 is 4.79 Å². The third kappa shape index (κ3) is 3.20. The first-order chi connectivity index (χ1) is 9.02. The molecule has 1 saturated heterocycles. The van der Waals surface area contributed by atoms with Crippen LogP contribution in [0, 0.1) is 0 Å². The molecule has 6 heteroatoms. The summed E-state index contributed by atoms with van der Waals surface area (Å²) in [4.78, 5) is 16.5. The number of hydrogen-bond donors (Lipinski definition) is 1. The highest BCUT2D eigenvalue weighted by molar-refractivity contribution is 6.36. The zero-order chi connectivity index (χ0) is 14.0. The number of likely N-dealkylation sites (N-methyl/N-ethyl adjacent to an activating group) is 1. The summed E-state index contributed by atoms with van der Waals surface area (Å²) < 4.78 is 0. The number of halogens is 2. The van der Waals surface area contributed by atoms with Gasteiger partial charge in [-0.1, -0.05) is 23.2 Å². The number of amides is 1. The van der Waals surface area contributed by atoms with Gasteiger partial charge in [-0.25, -0.2) is 0 Å². The molecule has 1 aliphatic heterocycles. The maximum atomic E-state index is 12.5. The molecule has 1 unspecified atom stereocenters. The van der Waals surface area contributed by atoms with Crippen LogP contribution >= 0.6 is 23.2 Å². The number of nitrogens with two attached hydrogens (primary N) is 1. The standard InChI is InChI=1S/C13H17Cl2N3O/c1-17-4-5-18(10(7-16)8-17)13(19)11-3-2-9(14)6-12(11)15/h2-3,6,10H,4-5,7-8,16H2,1H3. The predicted octanol–water partition coefficient (Wildman–Crippen LogP) is 1.71. The Kier molecular flexibility index (Phi) is 4.68. The summed E-state index contributed by atoms with van der Waals surface area (Å²) in [7, 11) is 2.03.